The van der Waals surface area contributed by atoms with Gasteiger partial charge in [-0.2, -0.15) is 0 Å². The lowest BCUT2D eigenvalue weighted by Gasteiger charge is -2.12. The predicted molar refractivity (Wildman–Crippen MR) is 188 cm³/mol. The number of pyridine rings is 1. The van der Waals surface area contributed by atoms with E-state index in [4.69, 9.17) is 4.98 Å². The number of hydrogen-bond donors (Lipinski definition) is 0. The van der Waals surface area contributed by atoms with E-state index in [0.29, 0.717) is 0 Å². The molecule has 206 valence electrons. The first-order valence-electron chi connectivity index (χ1n) is 14.9. The third-order valence-corrected chi connectivity index (χ3v) is 9.81. The fourth-order valence-electron chi connectivity index (χ4n) is 6.55. The molecule has 0 unspecified atom stereocenters. The summed E-state index contributed by atoms with van der Waals surface area (Å²) in [5, 5.41) is 5.08. The van der Waals surface area contributed by atoms with Crippen molar-refractivity contribution in [1.82, 2.24) is 9.55 Å². The molecule has 9 aromatic rings. The van der Waals surface area contributed by atoms with Crippen molar-refractivity contribution in [2.45, 2.75) is 0 Å². The van der Waals surface area contributed by atoms with Crippen molar-refractivity contribution in [3.63, 3.8) is 0 Å². The van der Waals surface area contributed by atoms with Crippen LogP contribution in [-0.4, -0.2) is 9.55 Å². The Bertz CT molecular complexity index is 2490. The van der Waals surface area contributed by atoms with Crippen molar-refractivity contribution in [3.05, 3.63) is 158 Å². The lowest BCUT2D eigenvalue weighted by molar-refractivity contribution is 1.18. The fraction of sp³-hybridized carbons (Fsp3) is 0. The minimum atomic E-state index is 0.970. The maximum Gasteiger partial charge on any atom is 0.0715 e. The number of aromatic nitrogens is 2. The minimum absolute atomic E-state index is 0.970. The third kappa shape index (κ3) is 3.98. The largest absolute Gasteiger partial charge is 0.309 e. The van der Waals surface area contributed by atoms with Gasteiger partial charge in [-0.3, -0.25) is 0 Å². The predicted octanol–water partition coefficient (Wildman–Crippen LogP) is 11.5. The van der Waals surface area contributed by atoms with E-state index in [-0.39, 0.29) is 0 Å². The molecule has 0 aliphatic heterocycles. The number of para-hydroxylation sites is 2. The SMILES string of the molecule is c1ccc(-c2cc(-c3cccc4c3sc3ccccc34)cc(-c3ccc4c(c3)c3ccccc3n4-c3ccccc3)n2)cc1. The van der Waals surface area contributed by atoms with Gasteiger partial charge in [0.15, 0.2) is 0 Å². The molecule has 0 atom stereocenters. The second kappa shape index (κ2) is 10.0. The standard InChI is InChI=1S/C41H26N2S/c1-3-12-27(13-4-1)36-25-29(31-18-11-19-34-33-17-8-10-21-40(33)44-41(31)34)26-37(42-36)28-22-23-39-35(24-28)32-16-7-9-20-38(32)43(39)30-14-5-2-6-15-30/h1-26H. The molecule has 0 radical (unpaired) electrons. The molecule has 0 aliphatic rings. The molecule has 0 amide bonds. The van der Waals surface area contributed by atoms with Crippen molar-refractivity contribution in [1.29, 1.82) is 0 Å². The molecular formula is C41H26N2S. The lowest BCUT2D eigenvalue weighted by Crippen LogP contribution is -1.93. The van der Waals surface area contributed by atoms with Gasteiger partial charge in [0.2, 0.25) is 0 Å². The van der Waals surface area contributed by atoms with Crippen LogP contribution in [0.15, 0.2) is 158 Å². The Kier molecular flexibility index (Phi) is 5.71. The van der Waals surface area contributed by atoms with Gasteiger partial charge in [-0.15, -0.1) is 11.3 Å². The molecule has 0 bridgehead atoms. The van der Waals surface area contributed by atoms with Gasteiger partial charge in [0.05, 0.1) is 22.4 Å². The second-order valence-corrected chi connectivity index (χ2v) is 12.2. The Balaban J connectivity index is 1.29. The van der Waals surface area contributed by atoms with E-state index in [9.17, 15) is 0 Å². The van der Waals surface area contributed by atoms with E-state index < -0.39 is 0 Å². The number of rotatable bonds is 4. The summed E-state index contributed by atoms with van der Waals surface area (Å²) in [4.78, 5) is 5.27. The third-order valence-electron chi connectivity index (χ3n) is 8.59. The van der Waals surface area contributed by atoms with Gasteiger partial charge in [-0.25, -0.2) is 4.98 Å². The summed E-state index contributed by atoms with van der Waals surface area (Å²) in [6.45, 7) is 0. The first kappa shape index (κ1) is 25.0. The molecule has 3 heteroatoms. The van der Waals surface area contributed by atoms with Crippen LogP contribution in [0.3, 0.4) is 0 Å². The van der Waals surface area contributed by atoms with Crippen LogP contribution in [0.2, 0.25) is 0 Å². The van der Waals surface area contributed by atoms with Crippen LogP contribution in [0.4, 0.5) is 0 Å². The number of nitrogens with zero attached hydrogens (tertiary/aromatic N) is 2. The molecule has 0 aliphatic carbocycles. The monoisotopic (exact) mass is 578 g/mol. The molecule has 9 rings (SSSR count). The van der Waals surface area contributed by atoms with Crippen molar-refractivity contribution in [3.8, 4) is 39.3 Å². The number of benzene rings is 6. The Labute approximate surface area is 259 Å². The first-order valence-corrected chi connectivity index (χ1v) is 15.7. The molecular weight excluding hydrogens is 553 g/mol. The Hall–Kier alpha value is -5.51. The van der Waals surface area contributed by atoms with Crippen LogP contribution in [0.25, 0.3) is 81.3 Å². The van der Waals surface area contributed by atoms with E-state index in [1.807, 2.05) is 11.3 Å². The van der Waals surface area contributed by atoms with Gasteiger partial charge >= 0.3 is 0 Å². The summed E-state index contributed by atoms with van der Waals surface area (Å²) in [7, 11) is 0. The van der Waals surface area contributed by atoms with Crippen LogP contribution in [-0.2, 0) is 0 Å². The van der Waals surface area contributed by atoms with Gasteiger partial charge in [-0.1, -0.05) is 109 Å². The summed E-state index contributed by atoms with van der Waals surface area (Å²) in [5.41, 5.74) is 10.1. The van der Waals surface area contributed by atoms with Gasteiger partial charge in [0.25, 0.3) is 0 Å². The molecule has 2 nitrogen and oxygen atoms in total. The molecule has 3 heterocycles. The number of fused-ring (bicyclic) bond motifs is 6. The quantitative estimate of drug-likeness (QED) is 0.203. The zero-order chi connectivity index (χ0) is 29.0. The maximum atomic E-state index is 5.27. The second-order valence-electron chi connectivity index (χ2n) is 11.2. The van der Waals surface area contributed by atoms with Crippen molar-refractivity contribution in [2.24, 2.45) is 0 Å². The zero-order valence-corrected chi connectivity index (χ0v) is 24.6. The Morgan fingerprint density at radius 1 is 0.432 bits per heavy atom. The summed E-state index contributed by atoms with van der Waals surface area (Å²) in [5.74, 6) is 0. The van der Waals surface area contributed by atoms with Crippen molar-refractivity contribution in [2.75, 3.05) is 0 Å². The number of hydrogen-bond acceptors (Lipinski definition) is 2. The van der Waals surface area contributed by atoms with E-state index in [1.165, 1.54) is 53.1 Å². The van der Waals surface area contributed by atoms with E-state index in [0.717, 1.165) is 28.2 Å². The van der Waals surface area contributed by atoms with Crippen LogP contribution in [0.1, 0.15) is 0 Å². The highest BCUT2D eigenvalue weighted by atomic mass is 32.1. The van der Waals surface area contributed by atoms with Crippen LogP contribution in [0.5, 0.6) is 0 Å². The molecule has 0 saturated heterocycles. The Morgan fingerprint density at radius 2 is 1.09 bits per heavy atom. The highest BCUT2D eigenvalue weighted by Crippen LogP contribution is 2.42. The van der Waals surface area contributed by atoms with Gasteiger partial charge < -0.3 is 4.57 Å². The molecule has 0 saturated carbocycles. The van der Waals surface area contributed by atoms with E-state index in [2.05, 4.69) is 162 Å². The fourth-order valence-corrected chi connectivity index (χ4v) is 7.79. The average Bonchev–Trinajstić information content (AvgIpc) is 3.64. The molecule has 0 N–H and O–H groups in total. The lowest BCUT2D eigenvalue weighted by atomic mass is 9.98. The molecule has 0 spiro atoms. The van der Waals surface area contributed by atoms with Crippen LogP contribution < -0.4 is 0 Å². The molecule has 44 heavy (non-hydrogen) atoms. The van der Waals surface area contributed by atoms with Crippen molar-refractivity contribution < 1.29 is 0 Å². The molecule has 6 aromatic carbocycles. The molecule has 3 aromatic heterocycles. The first-order chi connectivity index (χ1) is 21.8. The summed E-state index contributed by atoms with van der Waals surface area (Å²) < 4.78 is 4.98. The van der Waals surface area contributed by atoms with Crippen LogP contribution in [0, 0.1) is 0 Å². The normalized spacial score (nSPS) is 11.6. The van der Waals surface area contributed by atoms with Gasteiger partial charge in [0.1, 0.15) is 0 Å². The summed E-state index contributed by atoms with van der Waals surface area (Å²) >= 11 is 1.87. The smallest absolute Gasteiger partial charge is 0.0715 e. The van der Waals surface area contributed by atoms with E-state index >= 15 is 0 Å². The topological polar surface area (TPSA) is 17.8 Å². The van der Waals surface area contributed by atoms with Crippen molar-refractivity contribution >= 4 is 53.3 Å². The van der Waals surface area contributed by atoms with Gasteiger partial charge in [-0.05, 0) is 59.7 Å². The van der Waals surface area contributed by atoms with Crippen LogP contribution >= 0.6 is 11.3 Å². The zero-order valence-electron chi connectivity index (χ0n) is 23.8. The minimum Gasteiger partial charge on any atom is -0.309 e. The maximum absolute atomic E-state index is 5.27. The summed E-state index contributed by atoms with van der Waals surface area (Å²) in [6.07, 6.45) is 0. The van der Waals surface area contributed by atoms with Gasteiger partial charge in [0, 0.05) is 47.8 Å². The molecule has 0 fully saturated rings. The highest BCUT2D eigenvalue weighted by molar-refractivity contribution is 7.26. The van der Waals surface area contributed by atoms with E-state index in [1.54, 1.807) is 0 Å². The number of thiophene rings is 1. The average molecular weight is 579 g/mol. The summed E-state index contributed by atoms with van der Waals surface area (Å²) in [6, 6.07) is 56.5. The Morgan fingerprint density at radius 3 is 1.93 bits per heavy atom. The highest BCUT2D eigenvalue weighted by Gasteiger charge is 2.16.